The summed E-state index contributed by atoms with van der Waals surface area (Å²) in [6.07, 6.45) is -1.83. The van der Waals surface area contributed by atoms with Gasteiger partial charge < -0.3 is 15.0 Å². The molecule has 2 aromatic heterocycles. The molecule has 1 saturated heterocycles. The van der Waals surface area contributed by atoms with Gasteiger partial charge in [0.1, 0.15) is 5.82 Å². The minimum Gasteiger partial charge on any atom is -0.377 e. The Bertz CT molecular complexity index is 929. The summed E-state index contributed by atoms with van der Waals surface area (Å²) in [5.41, 5.74) is -0.457. The fourth-order valence-electron chi connectivity index (χ4n) is 3.77. The van der Waals surface area contributed by atoms with Crippen LogP contribution in [0.2, 0.25) is 0 Å². The lowest BCUT2D eigenvalue weighted by Gasteiger charge is -2.40. The fraction of sp³-hybridized carbons (Fsp3) is 0.600. The van der Waals surface area contributed by atoms with Gasteiger partial charge in [-0.3, -0.25) is 9.69 Å². The van der Waals surface area contributed by atoms with Gasteiger partial charge in [-0.25, -0.2) is 4.98 Å². The maximum Gasteiger partial charge on any atom is 0.417 e. The number of nitrogens with one attached hydrogen (secondary N) is 1. The van der Waals surface area contributed by atoms with Crippen molar-refractivity contribution in [1.29, 1.82) is 0 Å². The van der Waals surface area contributed by atoms with Crippen LogP contribution in [0.5, 0.6) is 0 Å². The average molecular weight is 443 g/mol. The number of aromatic nitrogens is 1. The third kappa shape index (κ3) is 4.40. The topological polar surface area (TPSA) is 57.7 Å². The molecule has 30 heavy (non-hydrogen) atoms. The zero-order valence-electron chi connectivity index (χ0n) is 17.0. The highest BCUT2D eigenvalue weighted by Gasteiger charge is 2.36. The minimum absolute atomic E-state index is 0.00578. The molecule has 1 amide bonds. The highest BCUT2D eigenvalue weighted by molar-refractivity contribution is 7.17. The first kappa shape index (κ1) is 21.3. The van der Waals surface area contributed by atoms with E-state index < -0.39 is 17.6 Å². The van der Waals surface area contributed by atoms with Gasteiger partial charge in [0, 0.05) is 44.6 Å². The molecule has 1 atom stereocenters. The summed E-state index contributed by atoms with van der Waals surface area (Å²) >= 11 is 0.900. The Hall–Kier alpha value is -1.91. The molecule has 2 fully saturated rings. The number of carbonyl (C=O) groups excluding carboxylic acids is 1. The van der Waals surface area contributed by atoms with Gasteiger partial charge in [0.2, 0.25) is 0 Å². The summed E-state index contributed by atoms with van der Waals surface area (Å²) in [5.74, 6) is -0.174. The standard InChI is InChI=1S/C20H25F3N4O2S/c1-12-10-27(6-5-26(12)7-8-29-13-3-4-13)16-9-15(20(21,22)23)18-17(25-16)14(11-30-18)19(28)24-2/h9,11-13H,3-8,10H2,1-2H3,(H,24,28)/t12-/m1/s1. The lowest BCUT2D eigenvalue weighted by molar-refractivity contribution is -0.136. The minimum atomic E-state index is -4.52. The lowest BCUT2D eigenvalue weighted by Crippen LogP contribution is -2.53. The molecule has 3 heterocycles. The quantitative estimate of drug-likeness (QED) is 0.744. The van der Waals surface area contributed by atoms with Crippen molar-refractivity contribution in [2.45, 2.75) is 38.1 Å². The molecule has 1 N–H and O–H groups in total. The first-order chi connectivity index (χ1) is 14.3. The van der Waals surface area contributed by atoms with E-state index in [2.05, 4.69) is 22.1 Å². The van der Waals surface area contributed by atoms with Crippen LogP contribution in [0.15, 0.2) is 11.4 Å². The van der Waals surface area contributed by atoms with E-state index in [4.69, 9.17) is 4.74 Å². The predicted molar refractivity (Wildman–Crippen MR) is 110 cm³/mol. The largest absolute Gasteiger partial charge is 0.417 e. The molecule has 1 aliphatic heterocycles. The van der Waals surface area contributed by atoms with Gasteiger partial charge in [-0.2, -0.15) is 13.2 Å². The summed E-state index contributed by atoms with van der Waals surface area (Å²) in [6.45, 7) is 5.43. The number of ether oxygens (including phenoxy) is 1. The zero-order chi connectivity index (χ0) is 21.5. The molecule has 2 aliphatic rings. The Kier molecular flexibility index (Phi) is 5.91. The monoisotopic (exact) mass is 442 g/mol. The average Bonchev–Trinajstić information content (AvgIpc) is 3.43. The van der Waals surface area contributed by atoms with Crippen molar-refractivity contribution in [3.8, 4) is 0 Å². The van der Waals surface area contributed by atoms with Crippen LogP contribution >= 0.6 is 11.3 Å². The van der Waals surface area contributed by atoms with Crippen LogP contribution in [0.25, 0.3) is 10.2 Å². The number of fused-ring (bicyclic) bond motifs is 1. The van der Waals surface area contributed by atoms with Gasteiger partial charge in [-0.15, -0.1) is 11.3 Å². The second-order valence-electron chi connectivity index (χ2n) is 7.83. The maximum atomic E-state index is 13.7. The number of halogens is 3. The van der Waals surface area contributed by atoms with Crippen molar-refractivity contribution in [3.05, 3.63) is 22.6 Å². The Morgan fingerprint density at radius 2 is 2.13 bits per heavy atom. The van der Waals surface area contributed by atoms with E-state index in [0.29, 0.717) is 25.8 Å². The lowest BCUT2D eigenvalue weighted by atomic mass is 10.1. The second-order valence-corrected chi connectivity index (χ2v) is 8.71. The van der Waals surface area contributed by atoms with E-state index in [0.717, 1.165) is 43.3 Å². The molecule has 1 saturated carbocycles. The Balaban J connectivity index is 1.58. The van der Waals surface area contributed by atoms with Crippen LogP contribution in [0.3, 0.4) is 0 Å². The molecule has 0 unspecified atom stereocenters. The van der Waals surface area contributed by atoms with Gasteiger partial charge in [0.15, 0.2) is 0 Å². The number of pyridine rings is 1. The summed E-state index contributed by atoms with van der Waals surface area (Å²) < 4.78 is 46.9. The first-order valence-corrected chi connectivity index (χ1v) is 11.0. The number of amides is 1. The second kappa shape index (κ2) is 8.32. The molecule has 6 nitrogen and oxygen atoms in total. The molecule has 0 radical (unpaired) electrons. The number of hydrogen-bond donors (Lipinski definition) is 1. The number of alkyl halides is 3. The molecule has 2 aromatic rings. The Labute approximate surface area is 177 Å². The summed E-state index contributed by atoms with van der Waals surface area (Å²) in [5, 5.41) is 3.92. The van der Waals surface area contributed by atoms with Crippen LogP contribution in [0.4, 0.5) is 19.0 Å². The summed E-state index contributed by atoms with van der Waals surface area (Å²) in [6, 6.07) is 1.28. The molecule has 164 valence electrons. The van der Waals surface area contributed by atoms with Crippen molar-refractivity contribution in [1.82, 2.24) is 15.2 Å². The van der Waals surface area contributed by atoms with Crippen LogP contribution < -0.4 is 10.2 Å². The smallest absolute Gasteiger partial charge is 0.377 e. The van der Waals surface area contributed by atoms with Gasteiger partial charge in [0.05, 0.1) is 34.1 Å². The number of nitrogens with zero attached hydrogens (tertiary/aromatic N) is 3. The van der Waals surface area contributed by atoms with E-state index in [1.54, 1.807) is 0 Å². The highest BCUT2D eigenvalue weighted by Crippen LogP contribution is 2.40. The van der Waals surface area contributed by atoms with Crippen molar-refractivity contribution < 1.29 is 22.7 Å². The number of rotatable bonds is 6. The van der Waals surface area contributed by atoms with Crippen molar-refractivity contribution in [2.24, 2.45) is 0 Å². The molecular weight excluding hydrogens is 417 g/mol. The van der Waals surface area contributed by atoms with E-state index in [9.17, 15) is 18.0 Å². The molecular formula is C20H25F3N4O2S. The number of piperazine rings is 1. The molecule has 0 bridgehead atoms. The Morgan fingerprint density at radius 3 is 2.77 bits per heavy atom. The van der Waals surface area contributed by atoms with E-state index in [1.807, 2.05) is 4.90 Å². The maximum absolute atomic E-state index is 13.7. The van der Waals surface area contributed by atoms with Gasteiger partial charge in [0.25, 0.3) is 5.91 Å². The fourth-order valence-corrected chi connectivity index (χ4v) is 4.79. The van der Waals surface area contributed by atoms with Crippen LogP contribution in [0.1, 0.15) is 35.7 Å². The SMILES string of the molecule is CNC(=O)c1csc2c(C(F)(F)F)cc(N3CCN(CCOC4CC4)[C@H](C)C3)nc12. The molecule has 0 spiro atoms. The molecule has 0 aromatic carbocycles. The van der Waals surface area contributed by atoms with E-state index in [1.165, 1.54) is 12.4 Å². The van der Waals surface area contributed by atoms with Crippen LogP contribution in [0, 0.1) is 0 Å². The highest BCUT2D eigenvalue weighted by atomic mass is 32.1. The third-order valence-electron chi connectivity index (χ3n) is 5.63. The van der Waals surface area contributed by atoms with Crippen molar-refractivity contribution in [3.63, 3.8) is 0 Å². The van der Waals surface area contributed by atoms with Crippen LogP contribution in [-0.2, 0) is 10.9 Å². The number of anilines is 1. The zero-order valence-corrected chi connectivity index (χ0v) is 17.8. The number of hydrogen-bond acceptors (Lipinski definition) is 6. The molecule has 4 rings (SSSR count). The number of thiophene rings is 1. The van der Waals surface area contributed by atoms with Crippen molar-refractivity contribution >= 4 is 33.3 Å². The Morgan fingerprint density at radius 1 is 1.37 bits per heavy atom. The molecule has 1 aliphatic carbocycles. The van der Waals surface area contributed by atoms with Crippen molar-refractivity contribution in [2.75, 3.05) is 44.7 Å². The predicted octanol–water partition coefficient (Wildman–Crippen LogP) is 3.36. The van der Waals surface area contributed by atoms with Crippen LogP contribution in [-0.4, -0.2) is 67.8 Å². The van der Waals surface area contributed by atoms with E-state index in [-0.39, 0.29) is 27.6 Å². The van der Waals surface area contributed by atoms with Gasteiger partial charge in [-0.1, -0.05) is 0 Å². The summed E-state index contributed by atoms with van der Waals surface area (Å²) in [7, 11) is 1.45. The van der Waals surface area contributed by atoms with Gasteiger partial charge in [-0.05, 0) is 25.8 Å². The van der Waals surface area contributed by atoms with E-state index >= 15 is 0 Å². The molecule has 10 heteroatoms. The summed E-state index contributed by atoms with van der Waals surface area (Å²) in [4.78, 5) is 20.8. The number of carbonyl (C=O) groups is 1. The first-order valence-electron chi connectivity index (χ1n) is 10.1. The third-order valence-corrected chi connectivity index (χ3v) is 6.63. The van der Waals surface area contributed by atoms with Gasteiger partial charge >= 0.3 is 6.18 Å². The normalized spacial score (nSPS) is 20.7.